The maximum absolute atomic E-state index is 13.8. The van der Waals surface area contributed by atoms with Gasteiger partial charge in [-0.3, -0.25) is 29.0 Å². The molecule has 9 nitrogen and oxygen atoms in total. The molecule has 0 fully saturated rings. The van der Waals surface area contributed by atoms with Crippen LogP contribution in [0.5, 0.6) is 0 Å². The highest BCUT2D eigenvalue weighted by molar-refractivity contribution is 7.80. The predicted molar refractivity (Wildman–Crippen MR) is 173 cm³/mol. The van der Waals surface area contributed by atoms with Crippen LogP contribution in [0.4, 0.5) is 0 Å². The van der Waals surface area contributed by atoms with Crippen LogP contribution in [0.25, 0.3) is 43.1 Å². The Kier molecular flexibility index (Phi) is 6.83. The number of aliphatic hydroxyl groups is 1. The van der Waals surface area contributed by atoms with Crippen molar-refractivity contribution in [2.75, 3.05) is 19.0 Å². The number of thiol groups is 1. The molecule has 7 rings (SSSR count). The third kappa shape index (κ3) is 3.95. The zero-order valence-corrected chi connectivity index (χ0v) is 25.8. The fourth-order valence-corrected chi connectivity index (χ4v) is 7.54. The summed E-state index contributed by atoms with van der Waals surface area (Å²) in [5.74, 6) is -2.71. The molecular formula is C35H30N2O7S. The molecule has 45 heavy (non-hydrogen) atoms. The lowest BCUT2D eigenvalue weighted by atomic mass is 9.82. The third-order valence-electron chi connectivity index (χ3n) is 9.06. The molecule has 2 aliphatic heterocycles. The van der Waals surface area contributed by atoms with Gasteiger partial charge in [-0.15, -0.1) is 0 Å². The zero-order valence-electron chi connectivity index (χ0n) is 24.9. The Balaban J connectivity index is 1.47. The van der Waals surface area contributed by atoms with Gasteiger partial charge in [0.05, 0.1) is 19.3 Å². The van der Waals surface area contributed by atoms with E-state index in [2.05, 4.69) is 12.6 Å². The van der Waals surface area contributed by atoms with Crippen LogP contribution < -0.4 is 0 Å². The second-order valence-corrected chi connectivity index (χ2v) is 12.4. The number of ether oxygens (including phenoxy) is 1. The van der Waals surface area contributed by atoms with E-state index in [1.807, 2.05) is 38.1 Å². The lowest BCUT2D eigenvalue weighted by molar-refractivity contribution is -0.147. The molecule has 0 bridgehead atoms. The van der Waals surface area contributed by atoms with Crippen LogP contribution in [0.1, 0.15) is 68.6 Å². The second-order valence-electron chi connectivity index (χ2n) is 12.0. The molecule has 5 aromatic carbocycles. The summed E-state index contributed by atoms with van der Waals surface area (Å²) < 4.78 is 5.14. The number of aliphatic hydroxyl groups excluding tert-OH is 1. The molecule has 10 heteroatoms. The number of imide groups is 2. The number of fused-ring (bicyclic) bond motifs is 2. The van der Waals surface area contributed by atoms with Crippen LogP contribution in [-0.2, 0) is 9.53 Å². The first-order valence-electron chi connectivity index (χ1n) is 15.0. The lowest BCUT2D eigenvalue weighted by Gasteiger charge is -2.34. The molecule has 2 unspecified atom stereocenters. The van der Waals surface area contributed by atoms with E-state index in [0.29, 0.717) is 33.7 Å². The molecule has 2 heterocycles. The molecule has 1 N–H and O–H groups in total. The normalized spacial score (nSPS) is 16.2. The average molecular weight is 623 g/mol. The molecule has 5 aromatic rings. The third-order valence-corrected chi connectivity index (χ3v) is 9.41. The number of hydrogen-bond donors (Lipinski definition) is 2. The summed E-state index contributed by atoms with van der Waals surface area (Å²) in [6, 6.07) is 12.2. The minimum Gasteiger partial charge on any atom is -0.464 e. The number of amides is 4. The smallest absolute Gasteiger partial charge is 0.330 e. The van der Waals surface area contributed by atoms with Gasteiger partial charge in [-0.05, 0) is 75.8 Å². The van der Waals surface area contributed by atoms with E-state index in [4.69, 9.17) is 4.74 Å². The number of hydrogen-bond acceptors (Lipinski definition) is 8. The van der Waals surface area contributed by atoms with Crippen LogP contribution in [0.15, 0.2) is 48.5 Å². The van der Waals surface area contributed by atoms with Crippen molar-refractivity contribution in [2.24, 2.45) is 5.92 Å². The highest BCUT2D eigenvalue weighted by Gasteiger charge is 2.42. The molecular weight excluding hydrogens is 592 g/mol. The highest BCUT2D eigenvalue weighted by Crippen LogP contribution is 2.46. The Labute approximate surface area is 263 Å². The van der Waals surface area contributed by atoms with Crippen LogP contribution >= 0.6 is 12.6 Å². The first-order valence-corrected chi connectivity index (χ1v) is 15.6. The summed E-state index contributed by atoms with van der Waals surface area (Å²) in [7, 11) is 0. The van der Waals surface area contributed by atoms with Gasteiger partial charge in [0.15, 0.2) is 0 Å². The van der Waals surface area contributed by atoms with Crippen molar-refractivity contribution in [2.45, 2.75) is 39.3 Å². The van der Waals surface area contributed by atoms with Crippen LogP contribution in [0.2, 0.25) is 0 Å². The van der Waals surface area contributed by atoms with Crippen molar-refractivity contribution in [3.8, 4) is 0 Å². The maximum Gasteiger partial charge on any atom is 0.330 e. The number of carbonyl (C=O) groups excluding carboxylic acids is 5. The first-order chi connectivity index (χ1) is 21.6. The minimum atomic E-state index is -1.18. The van der Waals surface area contributed by atoms with E-state index in [-0.39, 0.29) is 36.0 Å². The number of rotatable bonds is 8. The summed E-state index contributed by atoms with van der Waals surface area (Å²) >= 11 is 4.25. The fraction of sp³-hybridized carbons (Fsp3) is 0.286. The van der Waals surface area contributed by atoms with Crippen molar-refractivity contribution in [3.05, 3.63) is 70.8 Å². The van der Waals surface area contributed by atoms with Gasteiger partial charge in [0.25, 0.3) is 23.6 Å². The maximum atomic E-state index is 13.8. The van der Waals surface area contributed by atoms with Gasteiger partial charge >= 0.3 is 5.97 Å². The second kappa shape index (κ2) is 10.5. The van der Waals surface area contributed by atoms with E-state index in [1.165, 1.54) is 4.90 Å². The molecule has 2 atom stereocenters. The largest absolute Gasteiger partial charge is 0.464 e. The SMILES string of the molecule is CCOC(=O)C(CS)N1C(=O)c2ccc3c4ccc5c6c(ccc(c7ccc(c2c37)C1=O)c64)C(=O)N(C(CO)CC(C)C)C5=O. The van der Waals surface area contributed by atoms with Crippen molar-refractivity contribution in [1.82, 2.24) is 9.80 Å². The molecule has 2 aliphatic rings. The van der Waals surface area contributed by atoms with Crippen molar-refractivity contribution < 1.29 is 33.8 Å². The van der Waals surface area contributed by atoms with Gasteiger partial charge in [-0.2, -0.15) is 12.6 Å². The van der Waals surface area contributed by atoms with Gasteiger partial charge in [-0.1, -0.05) is 38.1 Å². The minimum absolute atomic E-state index is 0.0869. The summed E-state index contributed by atoms with van der Waals surface area (Å²) in [4.78, 5) is 70.2. The molecule has 0 aliphatic carbocycles. The molecule has 4 amide bonds. The standard InChI is InChI=1S/C35H30N2O7S/c1-4-44-35(43)26(15-45)37-33(41)24-11-7-20-18-5-9-22-29-23(32(40)36(31(22)39)17(14-38)13-16(2)3)10-6-19(27(18)29)21-8-12-25(34(37)42)30(24)28(20)21/h5-12,16-17,26,38,45H,4,13-15H2,1-3H3. The molecule has 0 radical (unpaired) electrons. The van der Waals surface area contributed by atoms with Crippen molar-refractivity contribution >= 4 is 85.3 Å². The zero-order chi connectivity index (χ0) is 31.9. The average Bonchev–Trinajstić information content (AvgIpc) is 3.03. The van der Waals surface area contributed by atoms with Crippen molar-refractivity contribution in [3.63, 3.8) is 0 Å². The summed E-state index contributed by atoms with van der Waals surface area (Å²) in [5.41, 5.74) is 1.35. The van der Waals surface area contributed by atoms with Gasteiger partial charge in [0.2, 0.25) is 0 Å². The van der Waals surface area contributed by atoms with E-state index < -0.39 is 41.7 Å². The molecule has 0 saturated heterocycles. The van der Waals surface area contributed by atoms with Gasteiger partial charge in [0, 0.05) is 38.8 Å². The Hall–Kier alpha value is -4.54. The van der Waals surface area contributed by atoms with E-state index in [1.54, 1.807) is 31.2 Å². The Morgan fingerprint density at radius 3 is 1.44 bits per heavy atom. The first kappa shape index (κ1) is 29.2. The number of esters is 1. The van der Waals surface area contributed by atoms with Gasteiger partial charge in [0.1, 0.15) is 6.04 Å². The van der Waals surface area contributed by atoms with Crippen LogP contribution in [0.3, 0.4) is 0 Å². The number of nitrogens with zero attached hydrogens (tertiary/aromatic N) is 2. The van der Waals surface area contributed by atoms with Crippen LogP contribution in [-0.4, -0.2) is 75.6 Å². The number of carbonyl (C=O) groups is 5. The Bertz CT molecular complexity index is 2020. The topological polar surface area (TPSA) is 121 Å². The van der Waals surface area contributed by atoms with E-state index in [9.17, 15) is 29.1 Å². The molecule has 0 saturated carbocycles. The monoisotopic (exact) mass is 622 g/mol. The predicted octanol–water partition coefficient (Wildman–Crippen LogP) is 5.20. The molecule has 0 spiro atoms. The molecule has 0 aromatic heterocycles. The Morgan fingerprint density at radius 2 is 1.11 bits per heavy atom. The van der Waals surface area contributed by atoms with Crippen molar-refractivity contribution in [1.29, 1.82) is 0 Å². The number of benzene rings is 5. The fourth-order valence-electron chi connectivity index (χ4n) is 7.23. The summed E-state index contributed by atoms with van der Waals surface area (Å²) in [6.45, 7) is 5.38. The summed E-state index contributed by atoms with van der Waals surface area (Å²) in [5, 5.41) is 15.7. The quantitative estimate of drug-likeness (QED) is 0.0803. The van der Waals surface area contributed by atoms with Crippen LogP contribution in [0, 0.1) is 5.92 Å². The lowest BCUT2D eigenvalue weighted by Crippen LogP contribution is -2.52. The Morgan fingerprint density at radius 1 is 0.711 bits per heavy atom. The van der Waals surface area contributed by atoms with E-state index >= 15 is 0 Å². The highest BCUT2D eigenvalue weighted by atomic mass is 32.1. The van der Waals surface area contributed by atoms with E-state index in [0.717, 1.165) is 31.8 Å². The summed E-state index contributed by atoms with van der Waals surface area (Å²) in [6.07, 6.45) is 0.478. The van der Waals surface area contributed by atoms with Gasteiger partial charge < -0.3 is 9.84 Å². The molecule has 228 valence electrons. The van der Waals surface area contributed by atoms with Gasteiger partial charge in [-0.25, -0.2) is 4.79 Å².